The van der Waals surface area contributed by atoms with E-state index in [1.807, 2.05) is 72.7 Å². The van der Waals surface area contributed by atoms with Crippen LogP contribution in [-0.4, -0.2) is 190 Å². The minimum atomic E-state index is -4.61. The minimum Gasteiger partial charge on any atom is -1.00 e. The molecule has 0 radical (unpaired) electrons. The van der Waals surface area contributed by atoms with Crippen LogP contribution in [0.15, 0.2) is 140 Å². The Balaban J connectivity index is 0.00000154. The van der Waals surface area contributed by atoms with Gasteiger partial charge in [-0.1, -0.05) is 111 Å². The smallest absolute Gasteiger partial charge is 1.00 e. The Hall–Kier alpha value is -3.98. The molecule has 0 atom stereocenters. The van der Waals surface area contributed by atoms with Crippen molar-refractivity contribution in [3.05, 3.63) is 219 Å². The maximum atomic E-state index is 13.3. The van der Waals surface area contributed by atoms with Crippen molar-refractivity contribution in [3.8, 4) is 11.1 Å². The fraction of sp³-hybridized carbons (Fsp3) is 0.523. The molecule has 4 aromatic carbocycles. The van der Waals surface area contributed by atoms with E-state index in [4.69, 9.17) is 70.8 Å². The van der Waals surface area contributed by atoms with E-state index >= 15 is 0 Å². The van der Waals surface area contributed by atoms with Gasteiger partial charge in [0, 0.05) is 95.2 Å². The number of nitrogens with zero attached hydrogens (tertiary/aromatic N) is 3. The number of aliphatic hydroxyl groups is 4. The van der Waals surface area contributed by atoms with Gasteiger partial charge in [0.25, 0.3) is 0 Å². The van der Waals surface area contributed by atoms with E-state index in [2.05, 4.69) is 34.6 Å². The predicted molar refractivity (Wildman–Crippen MR) is 460 cm³/mol. The second-order valence-electron chi connectivity index (χ2n) is 32.0. The third-order valence-corrected chi connectivity index (χ3v) is 22.7. The van der Waals surface area contributed by atoms with Crippen molar-refractivity contribution in [1.29, 1.82) is 0 Å². The van der Waals surface area contributed by atoms with Crippen molar-refractivity contribution in [1.82, 2.24) is 15.0 Å². The van der Waals surface area contributed by atoms with Crippen LogP contribution in [0.5, 0.6) is 0 Å². The van der Waals surface area contributed by atoms with Crippen LogP contribution < -0.4 is 44.5 Å². The Morgan fingerprint density at radius 2 is 0.905 bits per heavy atom. The zero-order chi connectivity index (χ0) is 87.4. The molecular weight excluding hydrogens is 1900 g/mol. The summed E-state index contributed by atoms with van der Waals surface area (Å²) in [6.45, 7) is 23.6. The fourth-order valence-corrected chi connectivity index (χ4v) is 14.7. The standard InChI is InChI=1S/C27H23F4NO3.C23H26BFO4.C10H9ClF3NO.C8H18O2Si.C6H3ClF3N.C5H10O2.C5H9O2.CH4O.2CH4.CH3.2BrH.ClH.2Mg/c28-20-8-2-17(3-9-20)12-24(33)25(15-35-16-25)19-6-4-18(5-7-19)21-14-32-23(27(29,30)31)13-22(21)26(34)10-1-11-26;1-21(2)22(3,4)29-24(28-21)18-9-7-17(8-10-18)23(14-27-15-23)20(26)13-16-5-11-19(25)12-6-16;11-7-5-15-8(10(12,13)14)4-6(7)9(16)2-1-3-9;1-5-9-8(6-7-8)10-11(2,3)4;7-4-1-2-5(11-3-4)6(8,9)10;2*1-2-7-5(6)3-4-5;1-2;;;;;;;;/h2-9,13-14,34H,1,10-12,15-16H2;5-12H,13-15H2,1-4H3;4-5,16H,1-3H2;5-7H2,1-4H3;1-3H;6H,2-4H2,1H3;2-4H2,1H3;2H,1H3;2*1H4;1H3;3*1H;;/q;;;;;;-1;;;;-1;;;;2*+2/p-2. The van der Waals surface area contributed by atoms with E-state index in [1.165, 1.54) is 24.3 Å². The van der Waals surface area contributed by atoms with Gasteiger partial charge in [0.15, 0.2) is 31.5 Å². The number of Topliss-reactive ketones (excluding diaryl/α,β-unsaturated/α-hetero) is 2. The molecule has 0 bridgehead atoms. The SMILES string of the molecule is C.C.CC1(C)OB(c2ccc(C3(C(=O)Cc4ccc(F)cc4)COC3)cc2)OC1(C)C.CCOC1(O)CC1.CCOC1(O[Si](C)(C)C)CC1.CCOC1([O-])CC1.CO.Cl.FC(F)(F)c1ccc(Cl)cn1.O=C(Cc1ccc(F)cc1)C1(c2ccc(-c3cnc(C(F)(F)F)cc3C3(O)CCC3)cc2)COC1.OC1(c2cc(C(F)(F)F)ncc2Cl)CCC1.[Br-].[Br-].[CH3-].[Mg+2].[Mg+2]. The Kier molecular flexibility index (Phi) is 48.8. The second-order valence-corrected chi connectivity index (χ2v) is 37.2. The summed E-state index contributed by atoms with van der Waals surface area (Å²) in [6.07, 6.45) is -1.66. The van der Waals surface area contributed by atoms with Crippen LogP contribution in [0.4, 0.5) is 48.3 Å². The Morgan fingerprint density at radius 1 is 0.524 bits per heavy atom. The first kappa shape index (κ1) is 122. The zero-order valence-corrected chi connectivity index (χ0v) is 80.6. The van der Waals surface area contributed by atoms with Gasteiger partial charge in [0.1, 0.15) is 39.5 Å². The second kappa shape index (κ2) is 50.4. The molecule has 7 aromatic rings. The fourth-order valence-electron chi connectivity index (χ4n) is 12.9. The average molecular weight is 2020 g/mol. The monoisotopic (exact) mass is 2010 g/mol. The number of halogens is 16. The molecule has 0 amide bonds. The Bertz CT molecular complexity index is 4420. The maximum absolute atomic E-state index is 13.3. The number of hydrogen-bond acceptors (Lipinski definition) is 18. The van der Waals surface area contributed by atoms with Gasteiger partial charge >= 0.3 is 71.8 Å². The zero-order valence-electron chi connectivity index (χ0n) is 71.3. The summed E-state index contributed by atoms with van der Waals surface area (Å²) >= 11 is 11.1. The summed E-state index contributed by atoms with van der Waals surface area (Å²) in [5.41, 5.74) is -2.31. The molecule has 3 aromatic heterocycles. The van der Waals surface area contributed by atoms with Crippen LogP contribution in [-0.2, 0) is 100 Å². The number of alkyl halides is 9. The van der Waals surface area contributed by atoms with Crippen molar-refractivity contribution in [3.63, 3.8) is 0 Å². The largest absolute Gasteiger partial charge is 2.00 e. The molecule has 4 N–H and O–H groups in total. The van der Waals surface area contributed by atoms with Crippen LogP contribution in [0.1, 0.15) is 191 Å². The number of ether oxygens (including phenoxy) is 5. The van der Waals surface area contributed by atoms with E-state index < -0.39 is 95.9 Å². The molecule has 694 valence electrons. The number of hydrogen-bond donors (Lipinski definition) is 4. The van der Waals surface area contributed by atoms with Gasteiger partial charge in [-0.3, -0.25) is 24.5 Å². The third kappa shape index (κ3) is 33.3. The van der Waals surface area contributed by atoms with Gasteiger partial charge in [-0.05, 0) is 213 Å². The quantitative estimate of drug-likeness (QED) is 0.0240. The van der Waals surface area contributed by atoms with Crippen molar-refractivity contribution >= 4 is 114 Å². The van der Waals surface area contributed by atoms with E-state index in [9.17, 15) is 73.2 Å². The Labute approximate surface area is 803 Å². The number of rotatable bonds is 20. The molecule has 38 heteroatoms. The van der Waals surface area contributed by atoms with Crippen LogP contribution in [0.2, 0.25) is 29.7 Å². The van der Waals surface area contributed by atoms with Crippen LogP contribution in [0.3, 0.4) is 0 Å². The Morgan fingerprint density at radius 3 is 1.21 bits per heavy atom. The number of ketones is 2. The van der Waals surface area contributed by atoms with Gasteiger partial charge < -0.3 is 104 Å². The molecule has 15 rings (SSSR count). The normalized spacial score (nSPS) is 18.3. The predicted octanol–water partition coefficient (Wildman–Crippen LogP) is 12.2. The number of aromatic nitrogens is 3. The number of carbonyl (C=O) groups excluding carboxylic acids is 2. The van der Waals surface area contributed by atoms with E-state index in [0.29, 0.717) is 81.6 Å². The van der Waals surface area contributed by atoms with Crippen molar-refractivity contribution in [2.24, 2.45) is 0 Å². The van der Waals surface area contributed by atoms with Crippen LogP contribution >= 0.6 is 35.6 Å². The van der Waals surface area contributed by atoms with E-state index in [-0.39, 0.29) is 191 Å². The molecule has 5 aliphatic carbocycles. The molecule has 3 aliphatic heterocycles. The van der Waals surface area contributed by atoms with E-state index in [1.54, 1.807) is 48.5 Å². The van der Waals surface area contributed by atoms with Crippen molar-refractivity contribution < 1.29 is 155 Å². The van der Waals surface area contributed by atoms with Crippen LogP contribution in [0, 0.1) is 19.1 Å². The number of pyridine rings is 3. The minimum absolute atomic E-state index is 0. The van der Waals surface area contributed by atoms with Crippen LogP contribution in [0.25, 0.3) is 11.1 Å². The molecule has 3 saturated heterocycles. The summed E-state index contributed by atoms with van der Waals surface area (Å²) in [5.74, 6) is -2.45. The number of aliphatic hydroxyl groups excluding tert-OH is 1. The van der Waals surface area contributed by atoms with Gasteiger partial charge in [0.2, 0.25) is 0 Å². The summed E-state index contributed by atoms with van der Waals surface area (Å²) in [7, 11) is -0.825. The topological polar surface area (TPSA) is 251 Å². The molecule has 8 aliphatic rings. The van der Waals surface area contributed by atoms with E-state index in [0.717, 1.165) is 117 Å². The summed E-state index contributed by atoms with van der Waals surface area (Å²) in [6, 6.07) is 30.5. The molecule has 0 spiro atoms. The average Bonchev–Trinajstić information content (AvgIpc) is 1.65. The third-order valence-electron chi connectivity index (χ3n) is 21.2. The number of benzene rings is 4. The first-order chi connectivity index (χ1) is 55.1. The van der Waals surface area contributed by atoms with Gasteiger partial charge in [-0.2, -0.15) is 39.5 Å². The molecule has 18 nitrogen and oxygen atoms in total. The molecule has 6 heterocycles. The van der Waals surface area contributed by atoms with Crippen molar-refractivity contribution in [2.75, 3.05) is 53.4 Å². The first-order valence-corrected chi connectivity index (χ1v) is 43.0. The van der Waals surface area contributed by atoms with Crippen molar-refractivity contribution in [2.45, 2.75) is 242 Å². The molecule has 126 heavy (non-hydrogen) atoms. The molecular formula is C88H114BBr2Cl3F11Mg2N3O15Si. The van der Waals surface area contributed by atoms with Gasteiger partial charge in [0.05, 0.1) is 58.9 Å². The van der Waals surface area contributed by atoms with Gasteiger partial charge in [-0.15, -0.1) is 12.4 Å². The summed E-state index contributed by atoms with van der Waals surface area (Å²) < 4.78 is 183. The molecule has 5 saturated carbocycles. The molecule has 0 unspecified atom stereocenters. The number of carbonyl (C=O) groups is 2. The first-order valence-electron chi connectivity index (χ1n) is 38.8. The summed E-state index contributed by atoms with van der Waals surface area (Å²) in [5, 5.41) is 47.6. The molecule has 8 fully saturated rings. The summed E-state index contributed by atoms with van der Waals surface area (Å²) in [4.78, 5) is 36.2. The maximum Gasteiger partial charge on any atom is 2.00 e. The van der Waals surface area contributed by atoms with Gasteiger partial charge in [-0.25, -0.2) is 8.78 Å².